The summed E-state index contributed by atoms with van der Waals surface area (Å²) >= 11 is 1.44. The van der Waals surface area contributed by atoms with Gasteiger partial charge in [-0.05, 0) is 33.0 Å². The molecule has 6 nitrogen and oxygen atoms in total. The van der Waals surface area contributed by atoms with Crippen molar-refractivity contribution in [2.45, 2.75) is 30.8 Å². The molecule has 2 aliphatic heterocycles. The van der Waals surface area contributed by atoms with E-state index in [-0.39, 0.29) is 17.6 Å². The lowest BCUT2D eigenvalue weighted by molar-refractivity contribution is 0.0518. The van der Waals surface area contributed by atoms with E-state index in [1.165, 1.54) is 17.8 Å². The molecule has 8 heteroatoms. The summed E-state index contributed by atoms with van der Waals surface area (Å²) in [5.74, 6) is -0.445. The maximum absolute atomic E-state index is 14.9. The van der Waals surface area contributed by atoms with Crippen LogP contribution in [0.4, 0.5) is 10.1 Å². The number of thioether (sulfide) groups is 1. The van der Waals surface area contributed by atoms with Gasteiger partial charge in [0.1, 0.15) is 11.4 Å². The minimum absolute atomic E-state index is 0.0148. The number of esters is 1. The zero-order valence-corrected chi connectivity index (χ0v) is 16.4. The van der Waals surface area contributed by atoms with Crippen LogP contribution in [0.3, 0.4) is 0 Å². The lowest BCUT2D eigenvalue weighted by atomic mass is 10.1. The average Bonchev–Trinajstić information content (AvgIpc) is 2.60. The Bertz CT molecular complexity index is 991. The number of fused-ring (bicyclic) bond motifs is 3. The van der Waals surface area contributed by atoms with E-state index in [0.717, 1.165) is 19.6 Å². The molecule has 2 aromatic rings. The molecule has 1 fully saturated rings. The second-order valence-corrected chi connectivity index (χ2v) is 7.96. The van der Waals surface area contributed by atoms with Gasteiger partial charge < -0.3 is 19.1 Å². The quantitative estimate of drug-likeness (QED) is 0.750. The molecule has 1 unspecified atom stereocenters. The molecular formula is C19H22FN3O3S. The fourth-order valence-electron chi connectivity index (χ4n) is 3.66. The number of anilines is 1. The van der Waals surface area contributed by atoms with Crippen molar-refractivity contribution in [3.05, 3.63) is 33.7 Å². The van der Waals surface area contributed by atoms with Gasteiger partial charge in [-0.15, -0.1) is 0 Å². The maximum atomic E-state index is 14.9. The van der Waals surface area contributed by atoms with Crippen molar-refractivity contribution in [3.63, 3.8) is 0 Å². The molecule has 27 heavy (non-hydrogen) atoms. The van der Waals surface area contributed by atoms with Gasteiger partial charge in [-0.3, -0.25) is 4.79 Å². The summed E-state index contributed by atoms with van der Waals surface area (Å²) in [6.45, 7) is 6.31. The number of pyridine rings is 1. The molecule has 0 N–H and O–H groups in total. The Balaban J connectivity index is 1.84. The monoisotopic (exact) mass is 391 g/mol. The van der Waals surface area contributed by atoms with Crippen LogP contribution in [0.15, 0.2) is 22.0 Å². The largest absolute Gasteiger partial charge is 0.462 e. The Kier molecular flexibility index (Phi) is 4.63. The number of ether oxygens (including phenoxy) is 1. The first-order valence-electron chi connectivity index (χ1n) is 9.07. The molecule has 0 spiro atoms. The zero-order chi connectivity index (χ0) is 19.3. The Morgan fingerprint density at radius 3 is 2.78 bits per heavy atom. The van der Waals surface area contributed by atoms with E-state index < -0.39 is 17.2 Å². The Labute approximate surface area is 160 Å². The summed E-state index contributed by atoms with van der Waals surface area (Å²) in [7, 11) is 2.06. The van der Waals surface area contributed by atoms with Gasteiger partial charge in [0.05, 0.1) is 28.7 Å². The van der Waals surface area contributed by atoms with Gasteiger partial charge in [0.25, 0.3) is 0 Å². The third kappa shape index (κ3) is 2.91. The number of aromatic nitrogens is 1. The van der Waals surface area contributed by atoms with Crippen molar-refractivity contribution in [2.24, 2.45) is 0 Å². The van der Waals surface area contributed by atoms with Crippen LogP contribution in [0.2, 0.25) is 0 Å². The fourth-order valence-corrected chi connectivity index (χ4v) is 4.61. The SMILES string of the molecule is CCOC(=O)c1c2n(c3cc(N4CCN(C)C(C)C4)c(F)cc3c1=O)CS2. The molecule has 1 saturated heterocycles. The van der Waals surface area contributed by atoms with Gasteiger partial charge in [-0.2, -0.15) is 0 Å². The van der Waals surface area contributed by atoms with Gasteiger partial charge in [0.15, 0.2) is 0 Å². The van der Waals surface area contributed by atoms with Gasteiger partial charge in [-0.25, -0.2) is 9.18 Å². The fraction of sp³-hybridized carbons (Fsp3) is 0.474. The summed E-state index contributed by atoms with van der Waals surface area (Å²) in [6.07, 6.45) is 0. The zero-order valence-electron chi connectivity index (χ0n) is 15.6. The van der Waals surface area contributed by atoms with Crippen molar-refractivity contribution in [1.29, 1.82) is 0 Å². The highest BCUT2D eigenvalue weighted by Crippen LogP contribution is 2.38. The number of halogens is 1. The molecule has 2 aliphatic rings. The molecule has 3 heterocycles. The van der Waals surface area contributed by atoms with Crippen molar-refractivity contribution in [2.75, 3.05) is 38.2 Å². The first kappa shape index (κ1) is 18.3. The van der Waals surface area contributed by atoms with E-state index in [9.17, 15) is 14.0 Å². The number of nitrogens with zero attached hydrogens (tertiary/aromatic N) is 3. The minimum Gasteiger partial charge on any atom is -0.462 e. The van der Waals surface area contributed by atoms with Crippen LogP contribution in [0.5, 0.6) is 0 Å². The molecule has 0 bridgehead atoms. The van der Waals surface area contributed by atoms with Crippen LogP contribution in [0.25, 0.3) is 10.9 Å². The molecule has 144 valence electrons. The maximum Gasteiger partial charge on any atom is 0.344 e. The normalized spacial score (nSPS) is 19.7. The summed E-state index contributed by atoms with van der Waals surface area (Å²) in [4.78, 5) is 29.4. The number of piperazine rings is 1. The second-order valence-electron chi connectivity index (χ2n) is 7.03. The second kappa shape index (κ2) is 6.83. The standard InChI is InChI=1S/C19H22FN3O3S/c1-4-26-19(25)16-17(24)12-7-13(20)15(8-14(12)23-10-27-18(16)23)22-6-5-21(3)11(2)9-22/h7-8,11H,4-6,9-10H2,1-3H3. The smallest absolute Gasteiger partial charge is 0.344 e. The summed E-state index contributed by atoms with van der Waals surface area (Å²) in [6, 6.07) is 3.35. The molecule has 0 radical (unpaired) electrons. The third-order valence-electron chi connectivity index (χ3n) is 5.40. The number of hydrogen-bond acceptors (Lipinski definition) is 6. The number of carbonyl (C=O) groups is 1. The number of benzene rings is 1. The van der Waals surface area contributed by atoms with Gasteiger partial charge in [0.2, 0.25) is 5.43 Å². The van der Waals surface area contributed by atoms with Gasteiger partial charge in [0, 0.05) is 31.1 Å². The molecule has 0 aliphatic carbocycles. The van der Waals surface area contributed by atoms with E-state index in [1.54, 1.807) is 13.0 Å². The lowest BCUT2D eigenvalue weighted by Crippen LogP contribution is -2.50. The molecule has 0 saturated carbocycles. The number of carbonyl (C=O) groups excluding carboxylic acids is 1. The topological polar surface area (TPSA) is 54.8 Å². The van der Waals surface area contributed by atoms with E-state index in [2.05, 4.69) is 18.9 Å². The average molecular weight is 391 g/mol. The van der Waals surface area contributed by atoms with Crippen LogP contribution in [0, 0.1) is 5.82 Å². The summed E-state index contributed by atoms with van der Waals surface area (Å²) < 4.78 is 21.8. The van der Waals surface area contributed by atoms with Crippen LogP contribution >= 0.6 is 11.8 Å². The summed E-state index contributed by atoms with van der Waals surface area (Å²) in [5.41, 5.74) is 0.738. The van der Waals surface area contributed by atoms with E-state index in [4.69, 9.17) is 4.74 Å². The van der Waals surface area contributed by atoms with E-state index in [0.29, 0.717) is 28.1 Å². The molecule has 0 amide bonds. The Morgan fingerprint density at radius 1 is 1.37 bits per heavy atom. The number of hydrogen-bond donors (Lipinski definition) is 0. The number of rotatable bonds is 3. The Morgan fingerprint density at radius 2 is 2.15 bits per heavy atom. The van der Waals surface area contributed by atoms with E-state index >= 15 is 0 Å². The van der Waals surface area contributed by atoms with Crippen LogP contribution < -0.4 is 10.3 Å². The summed E-state index contributed by atoms with van der Waals surface area (Å²) in [5, 5.41) is 0.834. The molecule has 1 aromatic heterocycles. The predicted octanol–water partition coefficient (Wildman–Crippen LogP) is 2.52. The van der Waals surface area contributed by atoms with E-state index in [1.807, 2.05) is 9.47 Å². The van der Waals surface area contributed by atoms with Crippen molar-refractivity contribution < 1.29 is 13.9 Å². The van der Waals surface area contributed by atoms with Gasteiger partial charge in [-0.1, -0.05) is 11.8 Å². The van der Waals surface area contributed by atoms with Crippen molar-refractivity contribution in [1.82, 2.24) is 9.47 Å². The molecule has 1 atom stereocenters. The van der Waals surface area contributed by atoms with Crippen molar-refractivity contribution in [3.8, 4) is 0 Å². The van der Waals surface area contributed by atoms with Crippen LogP contribution in [-0.4, -0.2) is 54.8 Å². The highest BCUT2D eigenvalue weighted by atomic mass is 32.2. The van der Waals surface area contributed by atoms with Crippen LogP contribution in [0.1, 0.15) is 24.2 Å². The highest BCUT2D eigenvalue weighted by molar-refractivity contribution is 7.99. The van der Waals surface area contributed by atoms with Crippen LogP contribution in [-0.2, 0) is 10.6 Å². The number of likely N-dealkylation sites (N-methyl/N-ethyl adjacent to an activating group) is 1. The van der Waals surface area contributed by atoms with Crippen molar-refractivity contribution >= 4 is 34.3 Å². The third-order valence-corrected chi connectivity index (χ3v) is 6.48. The molecule has 4 rings (SSSR count). The minimum atomic E-state index is -0.641. The molecular weight excluding hydrogens is 369 g/mol. The highest BCUT2D eigenvalue weighted by Gasteiger charge is 2.30. The molecule has 1 aromatic carbocycles. The first-order valence-corrected chi connectivity index (χ1v) is 10.1. The predicted molar refractivity (Wildman–Crippen MR) is 104 cm³/mol. The first-order chi connectivity index (χ1) is 12.9. The Hall–Kier alpha value is -2.06. The van der Waals surface area contributed by atoms with Gasteiger partial charge >= 0.3 is 5.97 Å². The lowest BCUT2D eigenvalue weighted by Gasteiger charge is -2.39.